The third-order valence-electron chi connectivity index (χ3n) is 12.4. The highest BCUT2D eigenvalue weighted by molar-refractivity contribution is 6.11. The molecule has 1 spiro atoms. The van der Waals surface area contributed by atoms with Crippen LogP contribution in [0.2, 0.25) is 0 Å². The summed E-state index contributed by atoms with van der Waals surface area (Å²) in [5.41, 5.74) is 13.4. The van der Waals surface area contributed by atoms with Gasteiger partial charge in [0.1, 0.15) is 11.5 Å². The zero-order chi connectivity index (χ0) is 39.6. The van der Waals surface area contributed by atoms with Crippen molar-refractivity contribution in [3.63, 3.8) is 0 Å². The van der Waals surface area contributed by atoms with Crippen molar-refractivity contribution in [1.82, 2.24) is 0 Å². The van der Waals surface area contributed by atoms with Gasteiger partial charge < -0.3 is 14.5 Å². The van der Waals surface area contributed by atoms with Crippen molar-refractivity contribution < 1.29 is 4.74 Å². The molecule has 3 nitrogen and oxygen atoms in total. The molecule has 0 atom stereocenters. The summed E-state index contributed by atoms with van der Waals surface area (Å²) in [5.74, 6) is 1.77. The van der Waals surface area contributed by atoms with Crippen LogP contribution in [0.15, 0.2) is 231 Å². The lowest BCUT2D eigenvalue weighted by Crippen LogP contribution is -2.32. The molecule has 1 aliphatic heterocycles. The molecule has 0 amide bonds. The summed E-state index contributed by atoms with van der Waals surface area (Å²) < 4.78 is 6.75. The molecule has 0 saturated heterocycles. The third kappa shape index (κ3) is 5.09. The van der Waals surface area contributed by atoms with Crippen LogP contribution < -0.4 is 14.5 Å². The van der Waals surface area contributed by atoms with E-state index in [-0.39, 0.29) is 0 Å². The molecule has 0 aromatic heterocycles. The third-order valence-corrected chi connectivity index (χ3v) is 12.4. The van der Waals surface area contributed by atoms with Crippen molar-refractivity contribution >= 4 is 55.7 Å². The standard InChI is InChI=1S/C57H38N2O/c1-5-18-41(19-6-1)58(42-20-7-2-8-21-42)45-33-32-39-37-48-52(38-40(39)36-45)57(49-27-13-15-30-54(49)60-55-31-16-14-28-50(55)57)51-35-34-46-47(56(48)51)26-17-29-53(46)59(43-22-9-3-10-23-43)44-24-11-4-12-25-44/h1-38H. The van der Waals surface area contributed by atoms with Gasteiger partial charge in [-0.15, -0.1) is 0 Å². The van der Waals surface area contributed by atoms with Gasteiger partial charge in [0.25, 0.3) is 0 Å². The van der Waals surface area contributed by atoms with E-state index in [2.05, 4.69) is 240 Å². The molecule has 3 heteroatoms. The second-order valence-corrected chi connectivity index (χ2v) is 15.6. The number of rotatable bonds is 6. The Kier molecular flexibility index (Phi) is 7.76. The number of hydrogen-bond acceptors (Lipinski definition) is 3. The summed E-state index contributed by atoms with van der Waals surface area (Å²) in [7, 11) is 0. The Balaban J connectivity index is 1.16. The van der Waals surface area contributed by atoms with Crippen molar-refractivity contribution in [2.24, 2.45) is 0 Å². The van der Waals surface area contributed by atoms with Gasteiger partial charge >= 0.3 is 0 Å². The van der Waals surface area contributed by atoms with Crippen LogP contribution in [0, 0.1) is 0 Å². The zero-order valence-electron chi connectivity index (χ0n) is 32.7. The van der Waals surface area contributed by atoms with Crippen LogP contribution in [0.4, 0.5) is 34.1 Å². The van der Waals surface area contributed by atoms with Gasteiger partial charge in [0.05, 0.1) is 11.1 Å². The quantitative estimate of drug-likeness (QED) is 0.168. The highest BCUT2D eigenvalue weighted by atomic mass is 16.5. The van der Waals surface area contributed by atoms with Gasteiger partial charge in [-0.3, -0.25) is 0 Å². The number of fused-ring (bicyclic) bond motifs is 12. The van der Waals surface area contributed by atoms with E-state index in [9.17, 15) is 0 Å². The summed E-state index contributed by atoms with van der Waals surface area (Å²) in [4.78, 5) is 4.73. The maximum atomic E-state index is 6.75. The summed E-state index contributed by atoms with van der Waals surface area (Å²) in [6.45, 7) is 0. The number of ether oxygens (including phenoxy) is 1. The molecule has 0 saturated carbocycles. The molecular weight excluding hydrogens is 729 g/mol. The lowest BCUT2D eigenvalue weighted by Gasteiger charge is -2.39. The number of benzene rings is 10. The Morgan fingerprint density at radius 3 is 1.43 bits per heavy atom. The van der Waals surface area contributed by atoms with Crippen molar-refractivity contribution in [2.45, 2.75) is 5.41 Å². The topological polar surface area (TPSA) is 15.7 Å². The van der Waals surface area contributed by atoms with Gasteiger partial charge in [-0.2, -0.15) is 0 Å². The number of para-hydroxylation sites is 6. The smallest absolute Gasteiger partial charge is 0.132 e. The van der Waals surface area contributed by atoms with Gasteiger partial charge in [0.15, 0.2) is 0 Å². The largest absolute Gasteiger partial charge is 0.457 e. The lowest BCUT2D eigenvalue weighted by atomic mass is 9.66. The Morgan fingerprint density at radius 1 is 0.317 bits per heavy atom. The minimum Gasteiger partial charge on any atom is -0.457 e. The minimum atomic E-state index is -0.623. The molecule has 0 bridgehead atoms. The predicted molar refractivity (Wildman–Crippen MR) is 248 cm³/mol. The second kappa shape index (κ2) is 13.6. The highest BCUT2D eigenvalue weighted by Gasteiger charge is 2.51. The summed E-state index contributed by atoms with van der Waals surface area (Å²) in [6.07, 6.45) is 0. The van der Waals surface area contributed by atoms with E-state index in [1.54, 1.807) is 0 Å². The van der Waals surface area contributed by atoms with Crippen LogP contribution in [-0.4, -0.2) is 0 Å². The first-order valence-electron chi connectivity index (χ1n) is 20.6. The maximum Gasteiger partial charge on any atom is 0.132 e. The van der Waals surface area contributed by atoms with Gasteiger partial charge in [0, 0.05) is 45.0 Å². The summed E-state index contributed by atoms with van der Waals surface area (Å²) in [5, 5.41) is 4.79. The van der Waals surface area contributed by atoms with E-state index in [4.69, 9.17) is 4.74 Å². The zero-order valence-corrected chi connectivity index (χ0v) is 32.7. The Hall–Kier alpha value is -7.88. The van der Waals surface area contributed by atoms with E-state index in [0.717, 1.165) is 56.8 Å². The van der Waals surface area contributed by atoms with Crippen LogP contribution in [0.25, 0.3) is 32.7 Å². The average Bonchev–Trinajstić information content (AvgIpc) is 3.59. The fourth-order valence-corrected chi connectivity index (χ4v) is 9.98. The molecule has 10 aromatic rings. The van der Waals surface area contributed by atoms with Crippen molar-refractivity contribution in [2.75, 3.05) is 9.80 Å². The fourth-order valence-electron chi connectivity index (χ4n) is 9.98. The first-order valence-corrected chi connectivity index (χ1v) is 20.6. The molecule has 0 N–H and O–H groups in total. The SMILES string of the molecule is c1ccc(N(c2ccccc2)c2ccc3cc4c(cc3c2)C2(c3ccccc3Oc3ccccc32)c2ccc3c(N(c5ccccc5)c5ccccc5)cccc3c2-4)cc1. The number of anilines is 6. The maximum absolute atomic E-state index is 6.75. The van der Waals surface area contributed by atoms with Crippen molar-refractivity contribution in [1.29, 1.82) is 0 Å². The van der Waals surface area contributed by atoms with Crippen molar-refractivity contribution in [3.8, 4) is 22.6 Å². The molecule has 0 radical (unpaired) electrons. The summed E-state index contributed by atoms with van der Waals surface area (Å²) in [6, 6.07) is 83.3. The van der Waals surface area contributed by atoms with Crippen LogP contribution >= 0.6 is 0 Å². The molecule has 0 fully saturated rings. The van der Waals surface area contributed by atoms with E-state index >= 15 is 0 Å². The normalized spacial score (nSPS) is 12.9. The monoisotopic (exact) mass is 766 g/mol. The Morgan fingerprint density at radius 2 is 0.850 bits per heavy atom. The molecular formula is C57H38N2O. The van der Waals surface area contributed by atoms with Gasteiger partial charge in [-0.1, -0.05) is 140 Å². The number of nitrogens with zero attached hydrogens (tertiary/aromatic N) is 2. The van der Waals surface area contributed by atoms with Gasteiger partial charge in [-0.25, -0.2) is 0 Å². The van der Waals surface area contributed by atoms with E-state index < -0.39 is 5.41 Å². The molecule has 10 aromatic carbocycles. The van der Waals surface area contributed by atoms with Crippen LogP contribution in [0.5, 0.6) is 11.5 Å². The van der Waals surface area contributed by atoms with E-state index in [1.165, 1.54) is 43.8 Å². The molecule has 282 valence electrons. The molecule has 1 aliphatic carbocycles. The first kappa shape index (κ1) is 34.2. The first-order chi connectivity index (χ1) is 29.8. The molecule has 2 aliphatic rings. The van der Waals surface area contributed by atoms with E-state index in [1.807, 2.05) is 0 Å². The Bertz CT molecular complexity index is 3110. The molecule has 0 unspecified atom stereocenters. The fraction of sp³-hybridized carbons (Fsp3) is 0.0175. The lowest BCUT2D eigenvalue weighted by molar-refractivity contribution is 0.436. The summed E-state index contributed by atoms with van der Waals surface area (Å²) >= 11 is 0. The van der Waals surface area contributed by atoms with Crippen LogP contribution in [-0.2, 0) is 5.41 Å². The van der Waals surface area contributed by atoms with Crippen LogP contribution in [0.3, 0.4) is 0 Å². The molecule has 12 rings (SSSR count). The predicted octanol–water partition coefficient (Wildman–Crippen LogP) is 15.4. The van der Waals surface area contributed by atoms with Crippen LogP contribution in [0.1, 0.15) is 22.3 Å². The highest BCUT2D eigenvalue weighted by Crippen LogP contribution is 2.64. The number of hydrogen-bond donors (Lipinski definition) is 0. The molecule has 60 heavy (non-hydrogen) atoms. The van der Waals surface area contributed by atoms with Gasteiger partial charge in [-0.05, 0) is 129 Å². The average molecular weight is 767 g/mol. The Labute approximate surface area is 349 Å². The molecule has 1 heterocycles. The second-order valence-electron chi connectivity index (χ2n) is 15.6. The minimum absolute atomic E-state index is 0.623. The van der Waals surface area contributed by atoms with E-state index in [0.29, 0.717) is 0 Å². The van der Waals surface area contributed by atoms with Gasteiger partial charge in [0.2, 0.25) is 0 Å². The van der Waals surface area contributed by atoms with Crippen molar-refractivity contribution in [3.05, 3.63) is 253 Å².